The summed E-state index contributed by atoms with van der Waals surface area (Å²) in [6, 6.07) is -0.625. The molecule has 0 saturated carbocycles. The van der Waals surface area contributed by atoms with Crippen molar-refractivity contribution in [2.75, 3.05) is 41.0 Å². The van der Waals surface area contributed by atoms with Crippen LogP contribution < -0.4 is 0 Å². The lowest BCUT2D eigenvalue weighted by Gasteiger charge is -2.31. The van der Waals surface area contributed by atoms with Crippen LogP contribution in [0, 0.1) is 0 Å². The highest BCUT2D eigenvalue weighted by Crippen LogP contribution is 2.13. The fourth-order valence-corrected chi connectivity index (χ4v) is 6.02. The first-order chi connectivity index (χ1) is 26.6. The number of hydrogen-bond acceptors (Lipinski definition) is 6. The zero-order chi connectivity index (χ0) is 40.7. The molecule has 0 aromatic rings. The first kappa shape index (κ1) is 52.0. The molecule has 0 heterocycles. The number of esters is 2. The number of rotatable bonds is 38. The molecule has 8 heteroatoms. The van der Waals surface area contributed by atoms with Gasteiger partial charge in [-0.3, -0.25) is 9.59 Å². The number of likely N-dealkylation sites (N-methyl/N-ethyl adjacent to an activating group) is 1. The quantitative estimate of drug-likeness (QED) is 0.0289. The van der Waals surface area contributed by atoms with Gasteiger partial charge in [0, 0.05) is 19.3 Å². The van der Waals surface area contributed by atoms with Crippen LogP contribution in [-0.4, -0.2) is 80.6 Å². The molecule has 0 radical (unpaired) electrons. The van der Waals surface area contributed by atoms with Gasteiger partial charge < -0.3 is 23.8 Å². The van der Waals surface area contributed by atoms with Gasteiger partial charge in [-0.1, -0.05) is 132 Å². The van der Waals surface area contributed by atoms with Crippen LogP contribution in [0.5, 0.6) is 0 Å². The topological polar surface area (TPSA) is 99.1 Å². The summed E-state index contributed by atoms with van der Waals surface area (Å²) in [5.74, 6) is -1.54. The van der Waals surface area contributed by atoms with Crippen molar-refractivity contribution in [3.05, 3.63) is 60.8 Å². The predicted octanol–water partition coefficient (Wildman–Crippen LogP) is 11.8. The molecule has 2 unspecified atom stereocenters. The molecular formula is C47H82NO7+. The summed E-state index contributed by atoms with van der Waals surface area (Å²) >= 11 is 0. The minimum absolute atomic E-state index is 0.0396. The van der Waals surface area contributed by atoms with E-state index in [0.29, 0.717) is 19.3 Å². The average molecular weight is 773 g/mol. The van der Waals surface area contributed by atoms with Gasteiger partial charge in [0.25, 0.3) is 0 Å². The average Bonchev–Trinajstić information content (AvgIpc) is 3.14. The van der Waals surface area contributed by atoms with E-state index in [2.05, 4.69) is 74.6 Å². The standard InChI is InChI=1S/C47H81NO7/c1-6-8-10-12-14-16-18-20-22-24-25-27-29-31-33-35-37-45(49)54-42-43(41-53-40-39-44(47(51)52)48(3,4)5)55-46(50)38-36-34-32-30-28-26-23-21-19-17-15-13-11-9-7-2/h9,11,15,17,21-24,28,30,43-44H,6-8,10,12-14,16,18-20,25-27,29,31-42H2,1-5H3/p+1/b11-9-,17-15-,23-21-,24-22-,30-28-. The number of carboxylic acid groups (broad SMARTS) is 1. The van der Waals surface area contributed by atoms with Gasteiger partial charge in [0.15, 0.2) is 12.1 Å². The van der Waals surface area contributed by atoms with Crippen molar-refractivity contribution in [3.8, 4) is 0 Å². The van der Waals surface area contributed by atoms with E-state index in [1.807, 2.05) is 21.1 Å². The van der Waals surface area contributed by atoms with Gasteiger partial charge in [-0.2, -0.15) is 0 Å². The van der Waals surface area contributed by atoms with E-state index < -0.39 is 18.1 Å². The molecule has 316 valence electrons. The third kappa shape index (κ3) is 36.4. The zero-order valence-corrected chi connectivity index (χ0v) is 35.9. The van der Waals surface area contributed by atoms with Gasteiger partial charge in [-0.15, -0.1) is 0 Å². The van der Waals surface area contributed by atoms with Crippen LogP contribution in [0.15, 0.2) is 60.8 Å². The third-order valence-corrected chi connectivity index (χ3v) is 9.40. The molecule has 2 atom stereocenters. The number of hydrogen-bond donors (Lipinski definition) is 1. The van der Waals surface area contributed by atoms with Gasteiger partial charge in [-0.25, -0.2) is 4.79 Å². The first-order valence-corrected chi connectivity index (χ1v) is 21.8. The Balaban J connectivity index is 4.44. The normalized spacial score (nSPS) is 13.5. The Bertz CT molecular complexity index is 1090. The number of carbonyl (C=O) groups is 3. The van der Waals surface area contributed by atoms with Crippen molar-refractivity contribution < 1.29 is 38.2 Å². The molecule has 0 saturated heterocycles. The highest BCUT2D eigenvalue weighted by molar-refractivity contribution is 5.72. The molecule has 0 fully saturated rings. The van der Waals surface area contributed by atoms with E-state index in [4.69, 9.17) is 14.2 Å². The number of carbonyl (C=O) groups excluding carboxylic acids is 2. The summed E-state index contributed by atoms with van der Waals surface area (Å²) in [4.78, 5) is 36.9. The van der Waals surface area contributed by atoms with Crippen LogP contribution in [-0.2, 0) is 28.6 Å². The van der Waals surface area contributed by atoms with Crippen LogP contribution in [0.1, 0.15) is 168 Å². The van der Waals surface area contributed by atoms with Crippen LogP contribution in [0.2, 0.25) is 0 Å². The molecule has 0 aromatic heterocycles. The maximum absolute atomic E-state index is 12.7. The first-order valence-electron chi connectivity index (χ1n) is 21.8. The number of quaternary nitrogens is 1. The van der Waals surface area contributed by atoms with Crippen molar-refractivity contribution in [2.24, 2.45) is 0 Å². The van der Waals surface area contributed by atoms with Gasteiger partial charge in [-0.05, 0) is 77.0 Å². The molecule has 55 heavy (non-hydrogen) atoms. The fourth-order valence-electron chi connectivity index (χ4n) is 6.02. The van der Waals surface area contributed by atoms with E-state index in [-0.39, 0.29) is 42.7 Å². The number of aliphatic carboxylic acids is 1. The number of allylic oxidation sites excluding steroid dienone is 10. The predicted molar refractivity (Wildman–Crippen MR) is 229 cm³/mol. The van der Waals surface area contributed by atoms with Crippen molar-refractivity contribution in [3.63, 3.8) is 0 Å². The maximum atomic E-state index is 12.7. The molecule has 8 nitrogen and oxygen atoms in total. The van der Waals surface area contributed by atoms with E-state index in [9.17, 15) is 19.5 Å². The van der Waals surface area contributed by atoms with Gasteiger partial charge in [0.05, 0.1) is 34.4 Å². The second-order valence-electron chi connectivity index (χ2n) is 15.6. The molecule has 0 aliphatic rings. The van der Waals surface area contributed by atoms with Crippen molar-refractivity contribution in [1.82, 2.24) is 0 Å². The molecular weight excluding hydrogens is 691 g/mol. The molecule has 0 aliphatic heterocycles. The summed E-state index contributed by atoms with van der Waals surface area (Å²) in [5.41, 5.74) is 0. The molecule has 1 N–H and O–H groups in total. The summed E-state index contributed by atoms with van der Waals surface area (Å²) in [7, 11) is 5.50. The SMILES string of the molecule is CC/C=C\C/C=C\C/C=C\C/C=C\CCCCC(=O)OC(COCCC(C(=O)O)[N+](C)(C)C)COC(=O)CCCCCCC/C=C\CCCCCCCCC. The minimum Gasteiger partial charge on any atom is -0.477 e. The molecule has 0 aromatic carbocycles. The molecule has 0 bridgehead atoms. The lowest BCUT2D eigenvalue weighted by molar-refractivity contribution is -0.887. The Morgan fingerprint density at radius 3 is 1.56 bits per heavy atom. The molecule has 0 amide bonds. The number of carboxylic acids is 1. The molecule has 0 rings (SSSR count). The zero-order valence-electron chi connectivity index (χ0n) is 35.9. The van der Waals surface area contributed by atoms with Crippen LogP contribution in [0.3, 0.4) is 0 Å². The third-order valence-electron chi connectivity index (χ3n) is 9.40. The summed E-state index contributed by atoms with van der Waals surface area (Å²) in [6.45, 7) is 4.56. The minimum atomic E-state index is -0.885. The second-order valence-corrected chi connectivity index (χ2v) is 15.6. The number of unbranched alkanes of at least 4 members (excludes halogenated alkanes) is 14. The Hall–Kier alpha value is -2.97. The fraction of sp³-hybridized carbons (Fsp3) is 0.723. The molecule has 0 aliphatic carbocycles. The Morgan fingerprint density at radius 1 is 0.564 bits per heavy atom. The second kappa shape index (κ2) is 37.9. The smallest absolute Gasteiger partial charge is 0.362 e. The Kier molecular flexibility index (Phi) is 35.9. The monoisotopic (exact) mass is 773 g/mol. The summed E-state index contributed by atoms with van der Waals surface area (Å²) in [6.07, 6.45) is 45.5. The lowest BCUT2D eigenvalue weighted by atomic mass is 10.1. The maximum Gasteiger partial charge on any atom is 0.362 e. The summed E-state index contributed by atoms with van der Waals surface area (Å²) in [5, 5.41) is 9.61. The van der Waals surface area contributed by atoms with Crippen LogP contribution in [0.25, 0.3) is 0 Å². The van der Waals surface area contributed by atoms with E-state index >= 15 is 0 Å². The highest BCUT2D eigenvalue weighted by Gasteiger charge is 2.31. The van der Waals surface area contributed by atoms with Crippen molar-refractivity contribution in [1.29, 1.82) is 0 Å². The van der Waals surface area contributed by atoms with E-state index in [0.717, 1.165) is 70.6 Å². The van der Waals surface area contributed by atoms with Gasteiger partial charge in [0.2, 0.25) is 0 Å². The van der Waals surface area contributed by atoms with E-state index in [1.54, 1.807) is 0 Å². The Morgan fingerprint density at radius 2 is 1.02 bits per heavy atom. The van der Waals surface area contributed by atoms with Crippen LogP contribution in [0.4, 0.5) is 0 Å². The number of ether oxygens (including phenoxy) is 3. The highest BCUT2D eigenvalue weighted by atomic mass is 16.6. The largest absolute Gasteiger partial charge is 0.477 e. The Labute approximate surface area is 337 Å². The van der Waals surface area contributed by atoms with Crippen molar-refractivity contribution >= 4 is 17.9 Å². The molecule has 0 spiro atoms. The van der Waals surface area contributed by atoms with Gasteiger partial charge in [0.1, 0.15) is 6.61 Å². The summed E-state index contributed by atoms with van der Waals surface area (Å²) < 4.78 is 17.2. The van der Waals surface area contributed by atoms with E-state index in [1.165, 1.54) is 57.8 Å². The van der Waals surface area contributed by atoms with Gasteiger partial charge >= 0.3 is 17.9 Å². The number of nitrogens with zero attached hydrogens (tertiary/aromatic N) is 1. The van der Waals surface area contributed by atoms with Crippen LogP contribution >= 0.6 is 0 Å². The van der Waals surface area contributed by atoms with Crippen molar-refractivity contribution in [2.45, 2.75) is 180 Å². The lowest BCUT2D eigenvalue weighted by Crippen LogP contribution is -2.50.